The number of hydrogen-bond donors (Lipinski definition) is 1. The molecule has 2 rings (SSSR count). The second-order valence-corrected chi connectivity index (χ2v) is 5.97. The fourth-order valence-electron chi connectivity index (χ4n) is 1.75. The largest absolute Gasteiger partial charge is 0.383 e. The Labute approximate surface area is 125 Å². The van der Waals surface area contributed by atoms with Crippen molar-refractivity contribution in [1.82, 2.24) is 9.78 Å². The topological polar surface area (TPSA) is 43.8 Å². The molecule has 0 saturated heterocycles. The van der Waals surface area contributed by atoms with Gasteiger partial charge in [-0.25, -0.2) is 4.68 Å². The highest BCUT2D eigenvalue weighted by atomic mass is 127. The maximum absolute atomic E-state index is 6.15. The Morgan fingerprint density at radius 1 is 1.39 bits per heavy atom. The van der Waals surface area contributed by atoms with Gasteiger partial charge in [0.1, 0.15) is 5.82 Å². The lowest BCUT2D eigenvalue weighted by molar-refractivity contribution is 0.664. The van der Waals surface area contributed by atoms with Gasteiger partial charge >= 0.3 is 0 Å². The number of hydrogen-bond acceptors (Lipinski definition) is 2. The molecule has 1 aromatic heterocycles. The average molecular weight is 376 g/mol. The van der Waals surface area contributed by atoms with Gasteiger partial charge in [-0.05, 0) is 40.1 Å². The van der Waals surface area contributed by atoms with Crippen molar-refractivity contribution in [3.8, 4) is 0 Å². The highest BCUT2D eigenvalue weighted by molar-refractivity contribution is 14.1. The van der Waals surface area contributed by atoms with Crippen molar-refractivity contribution < 1.29 is 0 Å². The number of nitrogen functional groups attached to an aromatic ring is 1. The van der Waals surface area contributed by atoms with E-state index in [0.29, 0.717) is 18.3 Å². The number of nitrogens with zero attached hydrogens (tertiary/aromatic N) is 2. The van der Waals surface area contributed by atoms with E-state index in [0.717, 1.165) is 19.9 Å². The zero-order valence-corrected chi connectivity index (χ0v) is 13.2. The molecule has 2 aromatic rings. The first-order valence-corrected chi connectivity index (χ1v) is 7.21. The van der Waals surface area contributed by atoms with Crippen LogP contribution in [0.4, 0.5) is 5.82 Å². The van der Waals surface area contributed by atoms with Crippen LogP contribution < -0.4 is 5.73 Å². The van der Waals surface area contributed by atoms with E-state index in [9.17, 15) is 0 Å². The minimum Gasteiger partial charge on any atom is -0.383 e. The van der Waals surface area contributed by atoms with Crippen LogP contribution in [0.3, 0.4) is 0 Å². The Kier molecular flexibility index (Phi) is 4.17. The molecule has 1 aromatic carbocycles. The average Bonchev–Trinajstić information content (AvgIpc) is 2.60. The van der Waals surface area contributed by atoms with Gasteiger partial charge in [0.15, 0.2) is 0 Å². The monoisotopic (exact) mass is 375 g/mol. The van der Waals surface area contributed by atoms with Crippen LogP contribution in [0, 0.1) is 3.57 Å². The molecule has 0 radical (unpaired) electrons. The van der Waals surface area contributed by atoms with Gasteiger partial charge in [-0.3, -0.25) is 0 Å². The lowest BCUT2D eigenvalue weighted by atomic mass is 10.1. The first-order valence-electron chi connectivity index (χ1n) is 5.75. The maximum Gasteiger partial charge on any atom is 0.135 e. The molecule has 0 aliphatic rings. The van der Waals surface area contributed by atoms with Crippen LogP contribution in [0.25, 0.3) is 0 Å². The summed E-state index contributed by atoms with van der Waals surface area (Å²) in [4.78, 5) is 0. The summed E-state index contributed by atoms with van der Waals surface area (Å²) in [5.74, 6) is 1.07. The molecule has 0 spiro atoms. The molecule has 96 valence electrons. The third-order valence-corrected chi connectivity index (χ3v) is 4.26. The van der Waals surface area contributed by atoms with Gasteiger partial charge < -0.3 is 5.73 Å². The summed E-state index contributed by atoms with van der Waals surface area (Å²) in [5.41, 5.74) is 8.16. The number of anilines is 1. The summed E-state index contributed by atoms with van der Waals surface area (Å²) in [5, 5.41) is 5.31. The summed E-state index contributed by atoms with van der Waals surface area (Å²) in [7, 11) is 0. The van der Waals surface area contributed by atoms with E-state index >= 15 is 0 Å². The summed E-state index contributed by atoms with van der Waals surface area (Å²) < 4.78 is 2.85. The van der Waals surface area contributed by atoms with Crippen molar-refractivity contribution in [2.24, 2.45) is 0 Å². The Morgan fingerprint density at radius 3 is 2.61 bits per heavy atom. The second-order valence-electron chi connectivity index (χ2n) is 4.49. The van der Waals surface area contributed by atoms with Crippen molar-refractivity contribution >= 4 is 40.0 Å². The molecule has 0 aliphatic carbocycles. The summed E-state index contributed by atoms with van der Waals surface area (Å²) >= 11 is 8.40. The van der Waals surface area contributed by atoms with Crippen molar-refractivity contribution in [3.63, 3.8) is 0 Å². The Bertz CT molecular complexity index is 563. The standard InChI is InChI=1S/C13H15ClIN3/c1-8(2)12-11(15)13(16)18(17-12)7-9-5-3-4-6-10(9)14/h3-6,8H,7,16H2,1-2H3. The number of rotatable bonds is 3. The molecule has 0 aliphatic heterocycles. The third kappa shape index (κ3) is 2.64. The summed E-state index contributed by atoms with van der Waals surface area (Å²) in [6, 6.07) is 7.76. The van der Waals surface area contributed by atoms with Crippen LogP contribution >= 0.6 is 34.2 Å². The van der Waals surface area contributed by atoms with Gasteiger partial charge in [-0.15, -0.1) is 0 Å². The fraction of sp³-hybridized carbons (Fsp3) is 0.308. The molecule has 0 unspecified atom stereocenters. The summed E-state index contributed by atoms with van der Waals surface area (Å²) in [6.07, 6.45) is 0. The van der Waals surface area contributed by atoms with Crippen LogP contribution in [0.5, 0.6) is 0 Å². The lowest BCUT2D eigenvalue weighted by Crippen LogP contribution is -2.06. The maximum atomic E-state index is 6.15. The molecule has 3 nitrogen and oxygen atoms in total. The Hall–Kier alpha value is -0.750. The number of nitrogens with two attached hydrogens (primary N) is 1. The number of aromatic nitrogens is 2. The molecule has 0 bridgehead atoms. The van der Waals surface area contributed by atoms with Crippen molar-refractivity contribution in [1.29, 1.82) is 0 Å². The van der Waals surface area contributed by atoms with Gasteiger partial charge in [0.25, 0.3) is 0 Å². The summed E-state index contributed by atoms with van der Waals surface area (Å²) in [6.45, 7) is 4.84. The molecule has 0 fully saturated rings. The molecular weight excluding hydrogens is 361 g/mol. The smallest absolute Gasteiger partial charge is 0.135 e. The van der Waals surface area contributed by atoms with Crippen LogP contribution in [-0.4, -0.2) is 9.78 Å². The van der Waals surface area contributed by atoms with E-state index in [-0.39, 0.29) is 0 Å². The predicted octanol–water partition coefficient (Wildman–Crippen LogP) is 3.90. The zero-order valence-electron chi connectivity index (χ0n) is 10.3. The van der Waals surface area contributed by atoms with E-state index in [1.807, 2.05) is 28.9 Å². The molecule has 1 heterocycles. The molecule has 2 N–H and O–H groups in total. The third-order valence-electron chi connectivity index (χ3n) is 2.78. The molecule has 0 amide bonds. The predicted molar refractivity (Wildman–Crippen MR) is 84.0 cm³/mol. The second kappa shape index (κ2) is 5.48. The quantitative estimate of drug-likeness (QED) is 0.827. The van der Waals surface area contributed by atoms with Gasteiger partial charge in [-0.1, -0.05) is 43.6 Å². The van der Waals surface area contributed by atoms with Gasteiger partial charge in [0.05, 0.1) is 15.8 Å². The Morgan fingerprint density at radius 2 is 2.06 bits per heavy atom. The molecule has 18 heavy (non-hydrogen) atoms. The van der Waals surface area contributed by atoms with E-state index in [2.05, 4.69) is 41.5 Å². The number of benzene rings is 1. The molecule has 0 atom stereocenters. The number of halogens is 2. The van der Waals surface area contributed by atoms with E-state index in [1.54, 1.807) is 0 Å². The molecular formula is C13H15ClIN3. The SMILES string of the molecule is CC(C)c1nn(Cc2ccccc2Cl)c(N)c1I. The van der Waals surface area contributed by atoms with E-state index in [4.69, 9.17) is 17.3 Å². The zero-order chi connectivity index (χ0) is 13.3. The van der Waals surface area contributed by atoms with Crippen LogP contribution in [0.1, 0.15) is 31.0 Å². The van der Waals surface area contributed by atoms with Crippen LogP contribution in [0.2, 0.25) is 5.02 Å². The first kappa shape index (κ1) is 13.7. The van der Waals surface area contributed by atoms with Gasteiger partial charge in [0.2, 0.25) is 0 Å². The highest BCUT2D eigenvalue weighted by Gasteiger charge is 2.16. The van der Waals surface area contributed by atoms with Crippen LogP contribution in [-0.2, 0) is 6.54 Å². The minimum atomic E-state index is 0.367. The minimum absolute atomic E-state index is 0.367. The van der Waals surface area contributed by atoms with Crippen molar-refractivity contribution in [2.75, 3.05) is 5.73 Å². The van der Waals surface area contributed by atoms with Crippen molar-refractivity contribution in [3.05, 3.63) is 44.1 Å². The lowest BCUT2D eigenvalue weighted by Gasteiger charge is -2.06. The van der Waals surface area contributed by atoms with E-state index in [1.165, 1.54) is 0 Å². The van der Waals surface area contributed by atoms with E-state index < -0.39 is 0 Å². The molecule has 5 heteroatoms. The van der Waals surface area contributed by atoms with Crippen molar-refractivity contribution in [2.45, 2.75) is 26.3 Å². The molecule has 0 saturated carbocycles. The normalized spacial score (nSPS) is 11.2. The van der Waals surface area contributed by atoms with Gasteiger partial charge in [0, 0.05) is 5.02 Å². The Balaban J connectivity index is 2.36. The highest BCUT2D eigenvalue weighted by Crippen LogP contribution is 2.26. The fourth-order valence-corrected chi connectivity index (χ4v) is 2.95. The first-order chi connectivity index (χ1) is 8.50. The van der Waals surface area contributed by atoms with Gasteiger partial charge in [-0.2, -0.15) is 5.10 Å². The van der Waals surface area contributed by atoms with Crippen LogP contribution in [0.15, 0.2) is 24.3 Å².